The third-order valence-corrected chi connectivity index (χ3v) is 6.00. The molecule has 1 aromatic rings. The van der Waals surface area contributed by atoms with Crippen LogP contribution in [0.2, 0.25) is 0 Å². The Morgan fingerprint density at radius 1 is 1.24 bits per heavy atom. The van der Waals surface area contributed by atoms with Crippen LogP contribution in [0.3, 0.4) is 0 Å². The predicted molar refractivity (Wildman–Crippen MR) is 77.4 cm³/mol. The Kier molecular flexibility index (Phi) is 2.05. The Hall–Kier alpha value is -1.61. The Morgan fingerprint density at radius 3 is 2.90 bits per heavy atom. The van der Waals surface area contributed by atoms with Gasteiger partial charge in [0.05, 0.1) is 18.1 Å². The molecule has 6 unspecified atom stereocenters. The van der Waals surface area contributed by atoms with Crippen LogP contribution in [0.1, 0.15) is 24.5 Å². The topological polar surface area (TPSA) is 35.5 Å². The maximum absolute atomic E-state index is 12.6. The van der Waals surface area contributed by atoms with Gasteiger partial charge in [0.1, 0.15) is 17.6 Å². The zero-order valence-electron chi connectivity index (χ0n) is 12.2. The molecule has 1 aromatic carbocycles. The molecule has 1 saturated heterocycles. The first-order chi connectivity index (χ1) is 10.1. The predicted octanol–water partition coefficient (Wildman–Crippen LogP) is 2.56. The van der Waals surface area contributed by atoms with E-state index in [4.69, 9.17) is 9.47 Å². The van der Waals surface area contributed by atoms with E-state index in [-0.39, 0.29) is 35.6 Å². The first-order valence-corrected chi connectivity index (χ1v) is 7.73. The Morgan fingerprint density at radius 2 is 2.05 bits per heavy atom. The Bertz CT molecular complexity index is 692. The fourth-order valence-electron chi connectivity index (χ4n) is 4.99. The summed E-state index contributed by atoms with van der Waals surface area (Å²) in [6.07, 6.45) is 4.72. The average molecular weight is 282 g/mol. The molecule has 0 N–H and O–H groups in total. The van der Waals surface area contributed by atoms with Gasteiger partial charge >= 0.3 is 0 Å². The lowest BCUT2D eigenvalue weighted by atomic mass is 9.56. The lowest BCUT2D eigenvalue weighted by molar-refractivity contribution is -0.132. The van der Waals surface area contributed by atoms with Gasteiger partial charge in [-0.3, -0.25) is 4.79 Å². The molecule has 6 atom stereocenters. The number of ketones is 1. The molecule has 0 amide bonds. The number of Topliss-reactive ketones (excluding diaryl/α,β-unsaturated/α-hetero) is 1. The average Bonchev–Trinajstić information content (AvgIpc) is 3.13. The van der Waals surface area contributed by atoms with Gasteiger partial charge in [-0.25, -0.2) is 0 Å². The molecule has 3 aliphatic heterocycles. The molecule has 3 heteroatoms. The van der Waals surface area contributed by atoms with Gasteiger partial charge in [-0.2, -0.15) is 0 Å². The molecule has 0 radical (unpaired) electrons. The van der Waals surface area contributed by atoms with Crippen molar-refractivity contribution < 1.29 is 14.3 Å². The van der Waals surface area contributed by atoms with Gasteiger partial charge in [-0.05, 0) is 13.0 Å². The van der Waals surface area contributed by atoms with Crippen molar-refractivity contribution in [1.82, 2.24) is 0 Å². The van der Waals surface area contributed by atoms with E-state index in [1.807, 2.05) is 0 Å². The number of carbonyl (C=O) groups is 1. The summed E-state index contributed by atoms with van der Waals surface area (Å²) < 4.78 is 12.2. The minimum Gasteiger partial charge on any atom is -0.489 e. The Labute approximate surface area is 123 Å². The van der Waals surface area contributed by atoms with Crippen molar-refractivity contribution in [2.75, 3.05) is 0 Å². The number of carbonyl (C=O) groups excluding carboxylic acids is 1. The summed E-state index contributed by atoms with van der Waals surface area (Å²) in [5.41, 5.74) is 2.39. The highest BCUT2D eigenvalue weighted by Crippen LogP contribution is 2.59. The van der Waals surface area contributed by atoms with Crippen LogP contribution in [0, 0.1) is 18.8 Å². The monoisotopic (exact) mass is 282 g/mol. The third kappa shape index (κ3) is 1.27. The third-order valence-electron chi connectivity index (χ3n) is 6.00. The standard InChI is InChI=1S/C18H18O3/c1-9-3-4-12-10(7-9)18(2)15(21-12)8-11(19)16-13-5-6-14(20-13)17(16)18/h3-7,13-17H,8H2,1-2H3. The zero-order valence-corrected chi connectivity index (χ0v) is 12.2. The van der Waals surface area contributed by atoms with Crippen molar-refractivity contribution in [3.05, 3.63) is 41.5 Å². The number of benzene rings is 1. The SMILES string of the molecule is Cc1ccc2c(c1)C1(C)C(CC(=O)C3C4C=CC(O4)C31)O2. The number of fused-ring (bicyclic) bond motifs is 9. The summed E-state index contributed by atoms with van der Waals surface area (Å²) in [6.45, 7) is 4.38. The molecule has 0 spiro atoms. The van der Waals surface area contributed by atoms with Crippen LogP contribution in [-0.2, 0) is 14.9 Å². The number of aryl methyl sites for hydroxylation is 1. The lowest BCUT2D eigenvalue weighted by Gasteiger charge is -2.45. The second kappa shape index (κ2) is 3.58. The van der Waals surface area contributed by atoms with Crippen LogP contribution in [0.4, 0.5) is 0 Å². The highest BCUT2D eigenvalue weighted by Gasteiger charge is 2.65. The van der Waals surface area contributed by atoms with Gasteiger partial charge < -0.3 is 9.47 Å². The zero-order chi connectivity index (χ0) is 14.4. The van der Waals surface area contributed by atoms with Crippen molar-refractivity contribution >= 4 is 5.78 Å². The number of hydrogen-bond acceptors (Lipinski definition) is 3. The highest BCUT2D eigenvalue weighted by molar-refractivity contribution is 5.86. The molecule has 5 rings (SSSR count). The van der Waals surface area contributed by atoms with E-state index in [1.165, 1.54) is 11.1 Å². The molecule has 4 aliphatic rings. The quantitative estimate of drug-likeness (QED) is 0.686. The minimum atomic E-state index is -0.121. The first kappa shape index (κ1) is 12.0. The van der Waals surface area contributed by atoms with Crippen LogP contribution in [0.15, 0.2) is 30.4 Å². The maximum atomic E-state index is 12.6. The van der Waals surface area contributed by atoms with Gasteiger partial charge in [0.25, 0.3) is 0 Å². The molecule has 3 nitrogen and oxygen atoms in total. The van der Waals surface area contributed by atoms with Crippen molar-refractivity contribution in [3.8, 4) is 5.75 Å². The van der Waals surface area contributed by atoms with Crippen LogP contribution < -0.4 is 4.74 Å². The van der Waals surface area contributed by atoms with Gasteiger partial charge in [0, 0.05) is 23.3 Å². The van der Waals surface area contributed by atoms with Crippen LogP contribution in [0.5, 0.6) is 5.75 Å². The van der Waals surface area contributed by atoms with E-state index in [0.717, 1.165) is 5.75 Å². The van der Waals surface area contributed by atoms with Crippen molar-refractivity contribution in [2.45, 2.75) is 44.0 Å². The highest BCUT2D eigenvalue weighted by atomic mass is 16.5. The summed E-state index contributed by atoms with van der Waals surface area (Å²) in [5.74, 6) is 1.48. The number of rotatable bonds is 0. The number of ether oxygens (including phenoxy) is 2. The molecule has 21 heavy (non-hydrogen) atoms. The largest absolute Gasteiger partial charge is 0.489 e. The second-order valence-corrected chi connectivity index (χ2v) is 7.06. The van der Waals surface area contributed by atoms with Crippen molar-refractivity contribution in [1.29, 1.82) is 0 Å². The summed E-state index contributed by atoms with van der Waals surface area (Å²) in [4.78, 5) is 12.6. The van der Waals surface area contributed by atoms with E-state index in [0.29, 0.717) is 12.2 Å². The number of hydrogen-bond donors (Lipinski definition) is 0. The summed E-state index contributed by atoms with van der Waals surface area (Å²) in [6, 6.07) is 6.37. The molecular weight excluding hydrogens is 264 g/mol. The van der Waals surface area contributed by atoms with Crippen molar-refractivity contribution in [2.24, 2.45) is 11.8 Å². The summed E-state index contributed by atoms with van der Waals surface area (Å²) >= 11 is 0. The molecule has 3 heterocycles. The van der Waals surface area contributed by atoms with Crippen LogP contribution in [0.25, 0.3) is 0 Å². The van der Waals surface area contributed by atoms with Gasteiger partial charge in [-0.15, -0.1) is 0 Å². The molecule has 0 aromatic heterocycles. The molecule has 108 valence electrons. The summed E-state index contributed by atoms with van der Waals surface area (Å²) in [7, 11) is 0. The van der Waals surface area contributed by atoms with Crippen molar-refractivity contribution in [3.63, 3.8) is 0 Å². The molecule has 2 bridgehead atoms. The normalized spacial score (nSPS) is 45.2. The first-order valence-electron chi connectivity index (χ1n) is 7.73. The van der Waals surface area contributed by atoms with Gasteiger partial charge in [-0.1, -0.05) is 36.8 Å². The van der Waals surface area contributed by atoms with E-state index in [9.17, 15) is 4.79 Å². The van der Waals surface area contributed by atoms with E-state index in [1.54, 1.807) is 0 Å². The molecule has 2 fully saturated rings. The maximum Gasteiger partial charge on any atom is 0.143 e. The Balaban J connectivity index is 1.72. The smallest absolute Gasteiger partial charge is 0.143 e. The lowest BCUT2D eigenvalue weighted by Crippen LogP contribution is -2.55. The fourth-order valence-corrected chi connectivity index (χ4v) is 4.99. The van der Waals surface area contributed by atoms with Gasteiger partial charge in [0.15, 0.2) is 0 Å². The van der Waals surface area contributed by atoms with Gasteiger partial charge in [0.2, 0.25) is 0 Å². The van der Waals surface area contributed by atoms with E-state index >= 15 is 0 Å². The van der Waals surface area contributed by atoms with Crippen LogP contribution >= 0.6 is 0 Å². The molecule has 1 saturated carbocycles. The molecule has 1 aliphatic carbocycles. The van der Waals surface area contributed by atoms with Crippen LogP contribution in [-0.4, -0.2) is 24.1 Å². The minimum absolute atomic E-state index is 0.0105. The molecular formula is C18H18O3. The summed E-state index contributed by atoms with van der Waals surface area (Å²) in [5, 5.41) is 0. The van der Waals surface area contributed by atoms with E-state index in [2.05, 4.69) is 44.2 Å². The van der Waals surface area contributed by atoms with E-state index < -0.39 is 0 Å². The second-order valence-electron chi connectivity index (χ2n) is 7.06. The fraction of sp³-hybridized carbons (Fsp3) is 0.500.